The molecule has 0 amide bonds. The van der Waals surface area contributed by atoms with Gasteiger partial charge in [0.15, 0.2) is 0 Å². The average Bonchev–Trinajstić information content (AvgIpc) is 2.88. The Kier molecular flexibility index (Phi) is 3.73. The highest BCUT2D eigenvalue weighted by atomic mass is 32.1. The Morgan fingerprint density at radius 3 is 2.94 bits per heavy atom. The van der Waals surface area contributed by atoms with E-state index in [2.05, 4.69) is 34.0 Å². The number of nitrogens with one attached hydrogen (secondary N) is 1. The van der Waals surface area contributed by atoms with Crippen molar-refractivity contribution in [3.8, 4) is 0 Å². The SMILES string of the molecule is CC1CNC2(CCCCC2)CN1Cc1ccsc1. The molecule has 1 aliphatic heterocycles. The number of hydrogen-bond donors (Lipinski definition) is 1. The third kappa shape index (κ3) is 2.63. The summed E-state index contributed by atoms with van der Waals surface area (Å²) < 4.78 is 0. The van der Waals surface area contributed by atoms with E-state index in [-0.39, 0.29) is 0 Å². The van der Waals surface area contributed by atoms with E-state index >= 15 is 0 Å². The number of rotatable bonds is 2. The summed E-state index contributed by atoms with van der Waals surface area (Å²) in [5, 5.41) is 8.34. The van der Waals surface area contributed by atoms with Gasteiger partial charge in [-0.3, -0.25) is 4.90 Å². The maximum atomic E-state index is 3.85. The maximum absolute atomic E-state index is 3.85. The molecule has 3 rings (SSSR count). The quantitative estimate of drug-likeness (QED) is 0.882. The Labute approximate surface area is 114 Å². The van der Waals surface area contributed by atoms with Gasteiger partial charge in [0.1, 0.15) is 0 Å². The molecule has 1 N–H and O–H groups in total. The van der Waals surface area contributed by atoms with Crippen molar-refractivity contribution in [3.63, 3.8) is 0 Å². The smallest absolute Gasteiger partial charge is 0.0309 e. The topological polar surface area (TPSA) is 15.3 Å². The first kappa shape index (κ1) is 12.6. The zero-order chi connectivity index (χ0) is 12.4. The molecule has 2 fully saturated rings. The van der Waals surface area contributed by atoms with Gasteiger partial charge in [-0.05, 0) is 42.2 Å². The van der Waals surface area contributed by atoms with Gasteiger partial charge in [-0.25, -0.2) is 0 Å². The van der Waals surface area contributed by atoms with Crippen LogP contribution in [0.15, 0.2) is 16.8 Å². The molecule has 3 heteroatoms. The predicted molar refractivity (Wildman–Crippen MR) is 78.0 cm³/mol. The summed E-state index contributed by atoms with van der Waals surface area (Å²) in [5.41, 5.74) is 1.92. The van der Waals surface area contributed by atoms with Gasteiger partial charge in [-0.2, -0.15) is 11.3 Å². The van der Waals surface area contributed by atoms with Gasteiger partial charge in [0.2, 0.25) is 0 Å². The molecule has 2 aliphatic rings. The van der Waals surface area contributed by atoms with Crippen LogP contribution in [0.25, 0.3) is 0 Å². The lowest BCUT2D eigenvalue weighted by atomic mass is 9.79. The molecule has 2 heterocycles. The van der Waals surface area contributed by atoms with Crippen molar-refractivity contribution in [1.82, 2.24) is 10.2 Å². The lowest BCUT2D eigenvalue weighted by molar-refractivity contribution is 0.0574. The predicted octanol–water partition coefficient (Wildman–Crippen LogP) is 3.24. The van der Waals surface area contributed by atoms with Crippen molar-refractivity contribution in [3.05, 3.63) is 22.4 Å². The molecule has 1 spiro atoms. The summed E-state index contributed by atoms with van der Waals surface area (Å²) in [4.78, 5) is 2.68. The van der Waals surface area contributed by atoms with E-state index in [0.29, 0.717) is 11.6 Å². The molecular weight excluding hydrogens is 240 g/mol. The molecule has 18 heavy (non-hydrogen) atoms. The number of nitrogens with zero attached hydrogens (tertiary/aromatic N) is 1. The Hall–Kier alpha value is -0.380. The average molecular weight is 264 g/mol. The van der Waals surface area contributed by atoms with Crippen molar-refractivity contribution in [2.45, 2.75) is 57.2 Å². The fourth-order valence-corrected chi connectivity index (χ4v) is 4.15. The maximum Gasteiger partial charge on any atom is 0.0309 e. The number of hydrogen-bond acceptors (Lipinski definition) is 3. The highest BCUT2D eigenvalue weighted by Crippen LogP contribution is 2.32. The van der Waals surface area contributed by atoms with Crippen LogP contribution < -0.4 is 5.32 Å². The summed E-state index contributed by atoms with van der Waals surface area (Å²) in [5.74, 6) is 0. The zero-order valence-electron chi connectivity index (χ0n) is 11.3. The number of piperazine rings is 1. The van der Waals surface area contributed by atoms with E-state index < -0.39 is 0 Å². The summed E-state index contributed by atoms with van der Waals surface area (Å²) in [6.07, 6.45) is 7.00. The van der Waals surface area contributed by atoms with Gasteiger partial charge < -0.3 is 5.32 Å². The summed E-state index contributed by atoms with van der Waals surface area (Å²) in [6, 6.07) is 2.94. The Morgan fingerprint density at radius 1 is 1.39 bits per heavy atom. The second-order valence-corrected chi connectivity index (χ2v) is 6.89. The highest BCUT2D eigenvalue weighted by Gasteiger charge is 2.38. The summed E-state index contributed by atoms with van der Waals surface area (Å²) in [7, 11) is 0. The van der Waals surface area contributed by atoms with Crippen LogP contribution in [0.2, 0.25) is 0 Å². The van der Waals surface area contributed by atoms with Crippen molar-refractivity contribution in [2.24, 2.45) is 0 Å². The monoisotopic (exact) mass is 264 g/mol. The molecule has 0 aromatic carbocycles. The third-order valence-corrected chi connectivity index (χ3v) is 5.41. The molecule has 1 saturated heterocycles. The fraction of sp³-hybridized carbons (Fsp3) is 0.733. The van der Waals surface area contributed by atoms with Gasteiger partial charge >= 0.3 is 0 Å². The van der Waals surface area contributed by atoms with Crippen LogP contribution in [0.4, 0.5) is 0 Å². The Morgan fingerprint density at radius 2 is 2.22 bits per heavy atom. The van der Waals surface area contributed by atoms with Crippen LogP contribution in [0.5, 0.6) is 0 Å². The molecule has 100 valence electrons. The first-order valence-electron chi connectivity index (χ1n) is 7.28. The summed E-state index contributed by atoms with van der Waals surface area (Å²) in [6.45, 7) is 5.89. The van der Waals surface area contributed by atoms with Gasteiger partial charge in [0.05, 0.1) is 0 Å². The van der Waals surface area contributed by atoms with E-state index in [4.69, 9.17) is 0 Å². The first-order valence-corrected chi connectivity index (χ1v) is 8.22. The van der Waals surface area contributed by atoms with E-state index in [9.17, 15) is 0 Å². The van der Waals surface area contributed by atoms with Gasteiger partial charge in [0, 0.05) is 31.2 Å². The standard InChI is InChI=1S/C15H24N2S/c1-13-9-16-15(6-3-2-4-7-15)12-17(13)10-14-5-8-18-11-14/h5,8,11,13,16H,2-4,6-7,9-10,12H2,1H3. The van der Waals surface area contributed by atoms with Crippen LogP contribution in [0.3, 0.4) is 0 Å². The molecular formula is C15H24N2S. The van der Waals surface area contributed by atoms with Crippen molar-refractivity contribution >= 4 is 11.3 Å². The van der Waals surface area contributed by atoms with Gasteiger partial charge in [-0.1, -0.05) is 19.3 Å². The van der Waals surface area contributed by atoms with E-state index in [1.54, 1.807) is 0 Å². The minimum absolute atomic E-state index is 0.431. The second kappa shape index (κ2) is 5.32. The van der Waals surface area contributed by atoms with Crippen LogP contribution in [0, 0.1) is 0 Å². The second-order valence-electron chi connectivity index (χ2n) is 6.11. The normalized spacial score (nSPS) is 28.6. The van der Waals surface area contributed by atoms with Crippen molar-refractivity contribution in [1.29, 1.82) is 0 Å². The lowest BCUT2D eigenvalue weighted by Crippen LogP contribution is -2.63. The number of thiophene rings is 1. The molecule has 1 aromatic rings. The van der Waals surface area contributed by atoms with Crippen LogP contribution in [0.1, 0.15) is 44.6 Å². The minimum Gasteiger partial charge on any atom is -0.308 e. The molecule has 0 radical (unpaired) electrons. The molecule has 1 unspecified atom stereocenters. The summed E-state index contributed by atoms with van der Waals surface area (Å²) >= 11 is 1.81. The molecule has 1 aliphatic carbocycles. The van der Waals surface area contributed by atoms with Crippen molar-refractivity contribution < 1.29 is 0 Å². The van der Waals surface area contributed by atoms with Crippen molar-refractivity contribution in [2.75, 3.05) is 13.1 Å². The van der Waals surface area contributed by atoms with E-state index in [0.717, 1.165) is 13.1 Å². The first-order chi connectivity index (χ1) is 8.77. The minimum atomic E-state index is 0.431. The third-order valence-electron chi connectivity index (χ3n) is 4.68. The van der Waals surface area contributed by atoms with E-state index in [1.165, 1.54) is 44.2 Å². The lowest BCUT2D eigenvalue weighted by Gasteiger charge is -2.49. The largest absolute Gasteiger partial charge is 0.308 e. The zero-order valence-corrected chi connectivity index (χ0v) is 12.1. The Balaban J connectivity index is 1.68. The van der Waals surface area contributed by atoms with E-state index in [1.807, 2.05) is 11.3 Å². The van der Waals surface area contributed by atoms with Gasteiger partial charge in [-0.15, -0.1) is 0 Å². The Bertz CT molecular complexity index is 368. The van der Waals surface area contributed by atoms with Gasteiger partial charge in [0.25, 0.3) is 0 Å². The molecule has 2 nitrogen and oxygen atoms in total. The van der Waals surface area contributed by atoms with Crippen LogP contribution in [-0.4, -0.2) is 29.6 Å². The van der Waals surface area contributed by atoms with Crippen LogP contribution >= 0.6 is 11.3 Å². The highest BCUT2D eigenvalue weighted by molar-refractivity contribution is 7.07. The van der Waals surface area contributed by atoms with Crippen LogP contribution in [-0.2, 0) is 6.54 Å². The fourth-order valence-electron chi connectivity index (χ4n) is 3.49. The molecule has 1 aromatic heterocycles. The molecule has 1 saturated carbocycles. The molecule has 1 atom stereocenters. The molecule has 0 bridgehead atoms.